The lowest BCUT2D eigenvalue weighted by atomic mass is 10.2. The third-order valence-electron chi connectivity index (χ3n) is 2.52. The molecular formula is C14H21NO3. The molecule has 1 atom stereocenters. The first-order chi connectivity index (χ1) is 8.65. The highest BCUT2D eigenvalue weighted by Crippen LogP contribution is 2.12. The molecule has 0 aromatic heterocycles. The van der Waals surface area contributed by atoms with Gasteiger partial charge in [0.1, 0.15) is 11.9 Å². The number of nitrogens with one attached hydrogen (secondary N) is 1. The van der Waals surface area contributed by atoms with E-state index in [4.69, 9.17) is 9.47 Å². The first kappa shape index (κ1) is 14.5. The molecular weight excluding hydrogens is 230 g/mol. The molecule has 1 aromatic rings. The molecule has 0 bridgehead atoms. The fraction of sp³-hybridized carbons (Fsp3) is 0.500. The largest absolute Gasteiger partial charge is 0.497 e. The first-order valence-electron chi connectivity index (χ1n) is 6.18. The maximum Gasteiger partial charge on any atom is 0.305 e. The van der Waals surface area contributed by atoms with Crippen molar-refractivity contribution in [2.75, 3.05) is 13.7 Å². The van der Waals surface area contributed by atoms with E-state index in [1.165, 1.54) is 0 Å². The summed E-state index contributed by atoms with van der Waals surface area (Å²) in [4.78, 5) is 11.1. The average Bonchev–Trinajstić information content (AvgIpc) is 2.38. The summed E-state index contributed by atoms with van der Waals surface area (Å²) in [5.41, 5.74) is 1.14. The Morgan fingerprint density at radius 2 is 2.22 bits per heavy atom. The molecule has 0 radical (unpaired) electrons. The molecule has 0 saturated carbocycles. The molecule has 18 heavy (non-hydrogen) atoms. The smallest absolute Gasteiger partial charge is 0.305 e. The van der Waals surface area contributed by atoms with Crippen LogP contribution < -0.4 is 10.1 Å². The summed E-state index contributed by atoms with van der Waals surface area (Å²) in [6, 6.07) is 7.87. The Morgan fingerprint density at radius 3 is 2.89 bits per heavy atom. The van der Waals surface area contributed by atoms with E-state index in [0.717, 1.165) is 17.9 Å². The third kappa shape index (κ3) is 5.19. The van der Waals surface area contributed by atoms with Gasteiger partial charge in [0.25, 0.3) is 0 Å². The van der Waals surface area contributed by atoms with Crippen LogP contribution in [0.3, 0.4) is 0 Å². The molecule has 0 aliphatic heterocycles. The molecule has 1 unspecified atom stereocenters. The van der Waals surface area contributed by atoms with Crippen LogP contribution in [0.4, 0.5) is 0 Å². The predicted molar refractivity (Wildman–Crippen MR) is 70.5 cm³/mol. The number of methoxy groups -OCH3 is 1. The number of benzene rings is 1. The predicted octanol–water partition coefficient (Wildman–Crippen LogP) is 2.13. The van der Waals surface area contributed by atoms with Gasteiger partial charge in [0, 0.05) is 19.5 Å². The topological polar surface area (TPSA) is 47.6 Å². The van der Waals surface area contributed by atoms with Crippen molar-refractivity contribution in [2.24, 2.45) is 0 Å². The Bertz CT molecular complexity index is 379. The lowest BCUT2D eigenvalue weighted by molar-refractivity contribution is -0.147. The molecule has 4 nitrogen and oxygen atoms in total. The minimum absolute atomic E-state index is 0.108. The summed E-state index contributed by atoms with van der Waals surface area (Å²) < 4.78 is 10.3. The van der Waals surface area contributed by atoms with Gasteiger partial charge < -0.3 is 14.8 Å². The summed E-state index contributed by atoms with van der Waals surface area (Å²) in [6.45, 7) is 5.04. The van der Waals surface area contributed by atoms with Gasteiger partial charge >= 0.3 is 5.97 Å². The summed E-state index contributed by atoms with van der Waals surface area (Å²) in [5.74, 6) is 0.686. The monoisotopic (exact) mass is 251 g/mol. The van der Waals surface area contributed by atoms with Crippen LogP contribution in [0.1, 0.15) is 25.8 Å². The highest BCUT2D eigenvalue weighted by atomic mass is 16.5. The van der Waals surface area contributed by atoms with Gasteiger partial charge in [-0.2, -0.15) is 0 Å². The highest BCUT2D eigenvalue weighted by Gasteiger charge is 2.06. The SMILES string of the molecule is CCC(=O)OC(C)CNCc1cccc(OC)c1. The zero-order valence-corrected chi connectivity index (χ0v) is 11.2. The minimum Gasteiger partial charge on any atom is -0.497 e. The van der Waals surface area contributed by atoms with E-state index in [2.05, 4.69) is 5.32 Å². The van der Waals surface area contributed by atoms with E-state index in [0.29, 0.717) is 13.0 Å². The Morgan fingerprint density at radius 1 is 1.44 bits per heavy atom. The minimum atomic E-state index is -0.161. The number of hydrogen-bond donors (Lipinski definition) is 1. The normalized spacial score (nSPS) is 11.9. The second-order valence-electron chi connectivity index (χ2n) is 4.14. The van der Waals surface area contributed by atoms with E-state index >= 15 is 0 Å². The van der Waals surface area contributed by atoms with E-state index < -0.39 is 0 Å². The quantitative estimate of drug-likeness (QED) is 0.754. The fourth-order valence-electron chi connectivity index (χ4n) is 1.55. The van der Waals surface area contributed by atoms with Gasteiger partial charge in [-0.15, -0.1) is 0 Å². The van der Waals surface area contributed by atoms with E-state index in [9.17, 15) is 4.79 Å². The number of carbonyl (C=O) groups excluding carboxylic acids is 1. The van der Waals surface area contributed by atoms with Crippen LogP contribution in [0.2, 0.25) is 0 Å². The molecule has 1 aromatic carbocycles. The van der Waals surface area contributed by atoms with Crippen molar-refractivity contribution in [3.05, 3.63) is 29.8 Å². The molecule has 1 rings (SSSR count). The molecule has 100 valence electrons. The molecule has 0 fully saturated rings. The van der Waals surface area contributed by atoms with Gasteiger partial charge in [0.05, 0.1) is 7.11 Å². The lowest BCUT2D eigenvalue weighted by Gasteiger charge is -2.13. The molecule has 1 N–H and O–H groups in total. The highest BCUT2D eigenvalue weighted by molar-refractivity contribution is 5.69. The molecule has 0 saturated heterocycles. The van der Waals surface area contributed by atoms with E-state index in [1.54, 1.807) is 14.0 Å². The van der Waals surface area contributed by atoms with Crippen molar-refractivity contribution in [2.45, 2.75) is 32.9 Å². The number of rotatable bonds is 7. The van der Waals surface area contributed by atoms with Crippen LogP contribution >= 0.6 is 0 Å². The van der Waals surface area contributed by atoms with E-state index in [-0.39, 0.29) is 12.1 Å². The Balaban J connectivity index is 2.30. The Hall–Kier alpha value is -1.55. The number of carbonyl (C=O) groups is 1. The van der Waals surface area contributed by atoms with Gasteiger partial charge in [-0.05, 0) is 24.6 Å². The second kappa shape index (κ2) is 7.71. The standard InChI is InChI=1S/C14H21NO3/c1-4-14(16)18-11(2)9-15-10-12-6-5-7-13(8-12)17-3/h5-8,11,15H,4,9-10H2,1-3H3. The summed E-state index contributed by atoms with van der Waals surface area (Å²) in [5, 5.41) is 3.25. The zero-order valence-electron chi connectivity index (χ0n) is 11.2. The van der Waals surface area contributed by atoms with Crippen molar-refractivity contribution in [3.8, 4) is 5.75 Å². The lowest BCUT2D eigenvalue weighted by Crippen LogP contribution is -2.28. The van der Waals surface area contributed by atoms with Crippen LogP contribution in [0, 0.1) is 0 Å². The van der Waals surface area contributed by atoms with Gasteiger partial charge in [-0.3, -0.25) is 4.79 Å². The number of ether oxygens (including phenoxy) is 2. The maximum absolute atomic E-state index is 11.1. The van der Waals surface area contributed by atoms with Crippen molar-refractivity contribution < 1.29 is 14.3 Å². The average molecular weight is 251 g/mol. The van der Waals surface area contributed by atoms with Gasteiger partial charge in [-0.1, -0.05) is 19.1 Å². The van der Waals surface area contributed by atoms with Crippen LogP contribution in [0.15, 0.2) is 24.3 Å². The van der Waals surface area contributed by atoms with Crippen molar-refractivity contribution in [3.63, 3.8) is 0 Å². The second-order valence-corrected chi connectivity index (χ2v) is 4.14. The zero-order chi connectivity index (χ0) is 13.4. The first-order valence-corrected chi connectivity index (χ1v) is 6.18. The Labute approximate surface area is 108 Å². The van der Waals surface area contributed by atoms with Crippen molar-refractivity contribution in [1.29, 1.82) is 0 Å². The number of esters is 1. The molecule has 0 heterocycles. The fourth-order valence-corrected chi connectivity index (χ4v) is 1.55. The molecule has 0 aliphatic carbocycles. The molecule has 0 spiro atoms. The maximum atomic E-state index is 11.1. The summed E-state index contributed by atoms with van der Waals surface area (Å²) >= 11 is 0. The van der Waals surface area contributed by atoms with Crippen LogP contribution in [-0.2, 0) is 16.1 Å². The van der Waals surface area contributed by atoms with Crippen molar-refractivity contribution in [1.82, 2.24) is 5.32 Å². The van der Waals surface area contributed by atoms with Gasteiger partial charge in [0.15, 0.2) is 0 Å². The van der Waals surface area contributed by atoms with Crippen LogP contribution in [-0.4, -0.2) is 25.7 Å². The van der Waals surface area contributed by atoms with Crippen LogP contribution in [0.25, 0.3) is 0 Å². The molecule has 0 amide bonds. The number of hydrogen-bond acceptors (Lipinski definition) is 4. The molecule has 4 heteroatoms. The van der Waals surface area contributed by atoms with E-state index in [1.807, 2.05) is 31.2 Å². The summed E-state index contributed by atoms with van der Waals surface area (Å²) in [7, 11) is 1.65. The third-order valence-corrected chi connectivity index (χ3v) is 2.52. The van der Waals surface area contributed by atoms with Crippen LogP contribution in [0.5, 0.6) is 5.75 Å². The summed E-state index contributed by atoms with van der Waals surface area (Å²) in [6.07, 6.45) is 0.309. The molecule has 0 aliphatic rings. The Kier molecular flexibility index (Phi) is 6.22. The van der Waals surface area contributed by atoms with Gasteiger partial charge in [0.2, 0.25) is 0 Å². The van der Waals surface area contributed by atoms with Gasteiger partial charge in [-0.25, -0.2) is 0 Å². The van der Waals surface area contributed by atoms with Crippen molar-refractivity contribution >= 4 is 5.97 Å².